The van der Waals surface area contributed by atoms with Crippen LogP contribution in [0.4, 0.5) is 0 Å². The van der Waals surface area contributed by atoms with Crippen LogP contribution in [0.5, 0.6) is 0 Å². The van der Waals surface area contributed by atoms with Gasteiger partial charge >= 0.3 is 0 Å². The highest BCUT2D eigenvalue weighted by Crippen LogP contribution is 2.18. The van der Waals surface area contributed by atoms with Crippen LogP contribution in [-0.4, -0.2) is 35.1 Å². The molecule has 0 heterocycles. The molecule has 4 nitrogen and oxygen atoms in total. The summed E-state index contributed by atoms with van der Waals surface area (Å²) in [5.41, 5.74) is 3.31. The Bertz CT molecular complexity index is 828. The van der Waals surface area contributed by atoms with E-state index in [0.29, 0.717) is 23.9 Å². The van der Waals surface area contributed by atoms with Crippen molar-refractivity contribution in [3.63, 3.8) is 0 Å². The van der Waals surface area contributed by atoms with Gasteiger partial charge in [0, 0.05) is 23.9 Å². The van der Waals surface area contributed by atoms with Gasteiger partial charge in [-0.3, -0.25) is 9.59 Å². The summed E-state index contributed by atoms with van der Waals surface area (Å²) in [6.45, 7) is 6.79. The smallest absolute Gasteiger partial charge is 0.242 e. The van der Waals surface area contributed by atoms with Gasteiger partial charge in [0.2, 0.25) is 11.8 Å². The number of benzene rings is 2. The fourth-order valence-electron chi connectivity index (χ4n) is 2.95. The average molecular weight is 433 g/mol. The van der Waals surface area contributed by atoms with E-state index in [0.717, 1.165) is 17.7 Å². The number of amides is 2. The van der Waals surface area contributed by atoms with Gasteiger partial charge < -0.3 is 10.2 Å². The molecule has 2 amide bonds. The molecular weight excluding hydrogens is 404 g/mol. The van der Waals surface area contributed by atoms with Crippen molar-refractivity contribution < 1.29 is 9.59 Å². The van der Waals surface area contributed by atoms with Crippen LogP contribution in [-0.2, 0) is 21.9 Å². The van der Waals surface area contributed by atoms with E-state index >= 15 is 0 Å². The number of nitrogens with one attached hydrogen (secondary N) is 1. The first kappa shape index (κ1) is 23.3. The van der Waals surface area contributed by atoms with Crippen LogP contribution in [0.1, 0.15) is 37.0 Å². The largest absolute Gasteiger partial charge is 0.354 e. The first-order valence-electron chi connectivity index (χ1n) is 9.85. The number of halogens is 1. The third-order valence-electron chi connectivity index (χ3n) is 4.54. The van der Waals surface area contributed by atoms with Gasteiger partial charge in [-0.15, -0.1) is 11.8 Å². The summed E-state index contributed by atoms with van der Waals surface area (Å²) in [4.78, 5) is 27.1. The fraction of sp³-hybridized carbons (Fsp3) is 0.391. The lowest BCUT2D eigenvalue weighted by Gasteiger charge is -2.28. The molecule has 0 aliphatic heterocycles. The van der Waals surface area contributed by atoms with Crippen molar-refractivity contribution in [3.8, 4) is 0 Å². The number of hydrogen-bond acceptors (Lipinski definition) is 3. The fourth-order valence-corrected chi connectivity index (χ4v) is 4.02. The van der Waals surface area contributed by atoms with E-state index in [1.165, 1.54) is 11.1 Å². The number of aryl methyl sites for hydroxylation is 1. The van der Waals surface area contributed by atoms with Crippen LogP contribution in [0, 0.1) is 6.92 Å². The van der Waals surface area contributed by atoms with E-state index in [9.17, 15) is 9.59 Å². The molecule has 0 saturated carbocycles. The minimum Gasteiger partial charge on any atom is -0.354 e. The average Bonchev–Trinajstić information content (AvgIpc) is 2.69. The minimum atomic E-state index is -0.549. The molecule has 0 bridgehead atoms. The van der Waals surface area contributed by atoms with Crippen molar-refractivity contribution in [2.75, 3.05) is 12.3 Å². The predicted octanol–water partition coefficient (Wildman–Crippen LogP) is 4.83. The lowest BCUT2D eigenvalue weighted by atomic mass is 10.1. The van der Waals surface area contributed by atoms with Gasteiger partial charge in [-0.2, -0.15) is 0 Å². The zero-order valence-electron chi connectivity index (χ0n) is 17.3. The molecule has 0 aliphatic carbocycles. The third-order valence-corrected chi connectivity index (χ3v) is 5.76. The van der Waals surface area contributed by atoms with Crippen LogP contribution in [0.3, 0.4) is 0 Å². The van der Waals surface area contributed by atoms with Crippen molar-refractivity contribution in [2.45, 2.75) is 45.5 Å². The summed E-state index contributed by atoms with van der Waals surface area (Å²) in [5, 5.41) is 3.50. The Morgan fingerprint density at radius 1 is 1.14 bits per heavy atom. The van der Waals surface area contributed by atoms with E-state index in [4.69, 9.17) is 11.6 Å². The molecule has 2 aromatic rings. The molecule has 2 aromatic carbocycles. The zero-order valence-corrected chi connectivity index (χ0v) is 18.9. The van der Waals surface area contributed by atoms with Crippen molar-refractivity contribution in [1.82, 2.24) is 10.2 Å². The normalized spacial score (nSPS) is 11.7. The molecule has 0 aliphatic rings. The molecular formula is C23H29ClN2O2S. The van der Waals surface area contributed by atoms with E-state index in [1.54, 1.807) is 29.7 Å². The molecule has 0 fully saturated rings. The molecule has 156 valence electrons. The van der Waals surface area contributed by atoms with Gasteiger partial charge in [-0.1, -0.05) is 60.5 Å². The molecule has 0 aromatic heterocycles. The van der Waals surface area contributed by atoms with Crippen LogP contribution < -0.4 is 5.32 Å². The maximum absolute atomic E-state index is 13.0. The number of nitrogens with zero attached hydrogens (tertiary/aromatic N) is 1. The first-order valence-corrected chi connectivity index (χ1v) is 11.4. The molecule has 0 saturated heterocycles. The quantitative estimate of drug-likeness (QED) is 0.585. The minimum absolute atomic E-state index is 0.0539. The van der Waals surface area contributed by atoms with Crippen molar-refractivity contribution in [1.29, 1.82) is 0 Å². The highest BCUT2D eigenvalue weighted by atomic mass is 35.5. The van der Waals surface area contributed by atoms with Gasteiger partial charge in [0.15, 0.2) is 0 Å². The molecule has 0 unspecified atom stereocenters. The maximum Gasteiger partial charge on any atom is 0.242 e. The van der Waals surface area contributed by atoms with Crippen molar-refractivity contribution >= 4 is 35.2 Å². The Kier molecular flexibility index (Phi) is 9.55. The second kappa shape index (κ2) is 11.9. The molecule has 6 heteroatoms. The van der Waals surface area contributed by atoms with Crippen LogP contribution in [0.2, 0.25) is 5.02 Å². The monoisotopic (exact) mass is 432 g/mol. The Balaban J connectivity index is 2.05. The number of carbonyl (C=O) groups excluding carboxylic acids is 2. The van der Waals surface area contributed by atoms with Gasteiger partial charge in [-0.25, -0.2) is 0 Å². The number of thioether (sulfide) groups is 1. The van der Waals surface area contributed by atoms with E-state index in [-0.39, 0.29) is 11.8 Å². The van der Waals surface area contributed by atoms with Crippen LogP contribution >= 0.6 is 23.4 Å². The highest BCUT2D eigenvalue weighted by molar-refractivity contribution is 7.99. The standard InChI is InChI=1S/C23H29ClN2O2S/c1-4-11-25-23(28)18(3)26(14-19-8-6-10-21(24)13-19)22(27)16-29-15-20-9-5-7-17(2)12-20/h5-10,12-13,18H,4,11,14-16H2,1-3H3,(H,25,28)/t18-/m1/s1. The zero-order chi connectivity index (χ0) is 21.2. The van der Waals surface area contributed by atoms with E-state index in [1.807, 2.05) is 31.2 Å². The number of hydrogen-bond donors (Lipinski definition) is 1. The van der Waals surface area contributed by atoms with Gasteiger partial charge in [0.1, 0.15) is 6.04 Å². The Hall–Kier alpha value is -1.98. The summed E-state index contributed by atoms with van der Waals surface area (Å²) in [5.74, 6) is 0.891. The second-order valence-corrected chi connectivity index (χ2v) is 8.52. The summed E-state index contributed by atoms with van der Waals surface area (Å²) < 4.78 is 0. The van der Waals surface area contributed by atoms with Gasteiger partial charge in [0.25, 0.3) is 0 Å². The Labute approximate surface area is 183 Å². The van der Waals surface area contributed by atoms with Gasteiger partial charge in [-0.05, 0) is 43.5 Å². The third kappa shape index (κ3) is 7.75. The lowest BCUT2D eigenvalue weighted by Crippen LogP contribution is -2.48. The lowest BCUT2D eigenvalue weighted by molar-refractivity contribution is -0.138. The summed E-state index contributed by atoms with van der Waals surface area (Å²) in [7, 11) is 0. The maximum atomic E-state index is 13.0. The van der Waals surface area contributed by atoms with E-state index in [2.05, 4.69) is 30.4 Å². The topological polar surface area (TPSA) is 49.4 Å². The molecule has 0 spiro atoms. The van der Waals surface area contributed by atoms with Gasteiger partial charge in [0.05, 0.1) is 5.75 Å². The molecule has 0 radical (unpaired) electrons. The first-order chi connectivity index (χ1) is 13.9. The van der Waals surface area contributed by atoms with E-state index < -0.39 is 6.04 Å². The Morgan fingerprint density at radius 2 is 1.86 bits per heavy atom. The molecule has 2 rings (SSSR count). The molecule has 29 heavy (non-hydrogen) atoms. The predicted molar refractivity (Wildman–Crippen MR) is 122 cm³/mol. The molecule has 1 N–H and O–H groups in total. The van der Waals surface area contributed by atoms with Crippen molar-refractivity contribution in [3.05, 3.63) is 70.2 Å². The number of rotatable bonds is 10. The van der Waals surface area contributed by atoms with Crippen LogP contribution in [0.15, 0.2) is 48.5 Å². The molecule has 1 atom stereocenters. The van der Waals surface area contributed by atoms with Crippen molar-refractivity contribution in [2.24, 2.45) is 0 Å². The summed E-state index contributed by atoms with van der Waals surface area (Å²) in [6, 6.07) is 15.1. The summed E-state index contributed by atoms with van der Waals surface area (Å²) >= 11 is 7.66. The van der Waals surface area contributed by atoms with Crippen LogP contribution in [0.25, 0.3) is 0 Å². The second-order valence-electron chi connectivity index (χ2n) is 7.10. The Morgan fingerprint density at radius 3 is 2.55 bits per heavy atom. The highest BCUT2D eigenvalue weighted by Gasteiger charge is 2.25. The summed E-state index contributed by atoms with van der Waals surface area (Å²) in [6.07, 6.45) is 0.854. The SMILES string of the molecule is CCCNC(=O)[C@@H](C)N(Cc1cccc(Cl)c1)C(=O)CSCc1cccc(C)c1. The number of carbonyl (C=O) groups is 2.